The average molecular weight is 705 g/mol. The number of allylic oxidation sites excluding steroid dienone is 4. The molecule has 3 N–H and O–H groups in total. The molecule has 3 atom stereocenters. The van der Waals surface area contributed by atoms with Gasteiger partial charge in [-0.25, -0.2) is 4.57 Å². The number of aliphatic hydroxyl groups is 2. The van der Waals surface area contributed by atoms with Gasteiger partial charge in [0.25, 0.3) is 0 Å². The van der Waals surface area contributed by atoms with Gasteiger partial charge < -0.3 is 24.6 Å². The normalized spacial score (nSPS) is 14.4. The zero-order valence-corrected chi connectivity index (χ0v) is 31.1. The quantitative estimate of drug-likeness (QED) is 0.0252. The monoisotopic (exact) mass is 704 g/mol. The molecule has 48 heavy (non-hydrogen) atoms. The van der Waals surface area contributed by atoms with Crippen molar-refractivity contribution in [1.29, 1.82) is 0 Å². The van der Waals surface area contributed by atoms with Gasteiger partial charge in [0.1, 0.15) is 12.2 Å². The van der Waals surface area contributed by atoms with Crippen LogP contribution in [0.3, 0.4) is 0 Å². The van der Waals surface area contributed by atoms with Gasteiger partial charge in [-0.15, -0.1) is 0 Å². The summed E-state index contributed by atoms with van der Waals surface area (Å²) < 4.78 is 32.4. The Morgan fingerprint density at radius 1 is 0.542 bits per heavy atom. The van der Waals surface area contributed by atoms with Gasteiger partial charge in [0, 0.05) is 12.8 Å². The van der Waals surface area contributed by atoms with Gasteiger partial charge in [-0.3, -0.25) is 18.6 Å². The molecule has 282 valence electrons. The van der Waals surface area contributed by atoms with Crippen LogP contribution in [0.1, 0.15) is 162 Å². The van der Waals surface area contributed by atoms with E-state index in [1.54, 1.807) is 0 Å². The molecule has 0 aromatic rings. The average Bonchev–Trinajstić information content (AvgIpc) is 3.07. The van der Waals surface area contributed by atoms with Gasteiger partial charge in [-0.05, 0) is 57.8 Å². The number of carbonyl (C=O) groups excluding carboxylic acids is 2. The molecular weight excluding hydrogens is 635 g/mol. The molecule has 0 heterocycles. The number of hydrogen-bond acceptors (Lipinski definition) is 9. The first kappa shape index (κ1) is 46.5. The molecule has 0 aliphatic rings. The van der Waals surface area contributed by atoms with Crippen molar-refractivity contribution in [2.45, 2.75) is 174 Å². The summed E-state index contributed by atoms with van der Waals surface area (Å²) in [6.07, 6.45) is 30.1. The lowest BCUT2D eigenvalue weighted by molar-refractivity contribution is -0.153. The fourth-order valence-corrected chi connectivity index (χ4v) is 5.70. The topological polar surface area (TPSA) is 149 Å². The van der Waals surface area contributed by atoms with E-state index < -0.39 is 58.4 Å². The maximum atomic E-state index is 12.3. The largest absolute Gasteiger partial charge is 0.472 e. The van der Waals surface area contributed by atoms with Crippen LogP contribution in [0.15, 0.2) is 24.3 Å². The van der Waals surface area contributed by atoms with Gasteiger partial charge in [0.2, 0.25) is 0 Å². The first-order chi connectivity index (χ1) is 23.3. The van der Waals surface area contributed by atoms with Crippen molar-refractivity contribution in [2.24, 2.45) is 0 Å². The van der Waals surface area contributed by atoms with Crippen LogP contribution in [0.25, 0.3) is 0 Å². The molecule has 11 heteroatoms. The summed E-state index contributed by atoms with van der Waals surface area (Å²) in [6.45, 7) is 2.12. The number of rotatable bonds is 35. The summed E-state index contributed by atoms with van der Waals surface area (Å²) in [5, 5.41) is 19.1. The fraction of sp³-hybridized carbons (Fsp3) is 0.838. The van der Waals surface area contributed by atoms with Crippen LogP contribution in [0, 0.1) is 0 Å². The Balaban J connectivity index is 4.01. The van der Waals surface area contributed by atoms with Crippen molar-refractivity contribution in [3.05, 3.63) is 24.3 Å². The van der Waals surface area contributed by atoms with Crippen LogP contribution in [0.4, 0.5) is 0 Å². The van der Waals surface area contributed by atoms with Crippen molar-refractivity contribution >= 4 is 19.8 Å². The summed E-state index contributed by atoms with van der Waals surface area (Å²) in [5.74, 6) is -1.04. The Morgan fingerprint density at radius 3 is 1.25 bits per heavy atom. The third-order valence-electron chi connectivity index (χ3n) is 7.89. The molecule has 0 aliphatic heterocycles. The van der Waals surface area contributed by atoms with E-state index in [9.17, 15) is 29.3 Å². The molecule has 0 spiro atoms. The van der Waals surface area contributed by atoms with E-state index >= 15 is 0 Å². The van der Waals surface area contributed by atoms with Crippen molar-refractivity contribution < 1.29 is 47.8 Å². The highest BCUT2D eigenvalue weighted by Crippen LogP contribution is 2.43. The molecule has 3 unspecified atom stereocenters. The molecule has 0 radical (unpaired) electrons. The predicted octanol–water partition coefficient (Wildman–Crippen LogP) is 9.05. The third-order valence-corrected chi connectivity index (χ3v) is 8.84. The van der Waals surface area contributed by atoms with E-state index in [1.165, 1.54) is 44.9 Å². The van der Waals surface area contributed by atoms with Gasteiger partial charge in [0.05, 0.1) is 26.4 Å². The number of ether oxygens (including phenoxy) is 2. The summed E-state index contributed by atoms with van der Waals surface area (Å²) in [6, 6.07) is 0. The van der Waals surface area contributed by atoms with Crippen molar-refractivity contribution in [1.82, 2.24) is 0 Å². The van der Waals surface area contributed by atoms with E-state index in [4.69, 9.17) is 18.5 Å². The Hall–Kier alpha value is -1.55. The van der Waals surface area contributed by atoms with Crippen molar-refractivity contribution in [3.63, 3.8) is 0 Å². The number of carbonyl (C=O) groups is 2. The number of unbranched alkanes of at least 4 members (excludes halogenated alkanes) is 17. The maximum Gasteiger partial charge on any atom is 0.472 e. The maximum absolute atomic E-state index is 12.3. The number of aliphatic hydroxyl groups excluding tert-OH is 2. The number of phosphoric ester groups is 1. The molecule has 0 amide bonds. The molecule has 0 bridgehead atoms. The van der Waals surface area contributed by atoms with Crippen LogP contribution < -0.4 is 0 Å². The highest BCUT2D eigenvalue weighted by Gasteiger charge is 2.27. The second-order valence-corrected chi connectivity index (χ2v) is 14.0. The minimum absolute atomic E-state index is 0.182. The van der Waals surface area contributed by atoms with Crippen LogP contribution in [-0.4, -0.2) is 65.7 Å². The second kappa shape index (κ2) is 33.9. The zero-order chi connectivity index (χ0) is 35.6. The summed E-state index contributed by atoms with van der Waals surface area (Å²) in [7, 11) is -4.63. The minimum atomic E-state index is -4.63. The molecular formula is C37H69O10P. The number of esters is 2. The number of phosphoric acid groups is 1. The molecule has 0 rings (SSSR count). The molecule has 10 nitrogen and oxygen atoms in total. The summed E-state index contributed by atoms with van der Waals surface area (Å²) in [4.78, 5) is 34.3. The van der Waals surface area contributed by atoms with Crippen LogP contribution in [0.5, 0.6) is 0 Å². The van der Waals surface area contributed by atoms with Crippen LogP contribution in [0.2, 0.25) is 0 Å². The molecule has 0 saturated heterocycles. The van der Waals surface area contributed by atoms with E-state index in [-0.39, 0.29) is 12.8 Å². The second-order valence-electron chi connectivity index (χ2n) is 12.5. The fourth-order valence-electron chi connectivity index (χ4n) is 4.91. The highest BCUT2D eigenvalue weighted by atomic mass is 31.2. The Kier molecular flexibility index (Phi) is 32.8. The lowest BCUT2D eigenvalue weighted by atomic mass is 10.1. The Morgan fingerprint density at radius 2 is 0.875 bits per heavy atom. The van der Waals surface area contributed by atoms with Gasteiger partial charge in [0.15, 0.2) is 0 Å². The minimum Gasteiger partial charge on any atom is -0.457 e. The molecule has 0 aliphatic carbocycles. The molecule has 0 fully saturated rings. The van der Waals surface area contributed by atoms with Crippen molar-refractivity contribution in [3.8, 4) is 0 Å². The number of hydrogen-bond donors (Lipinski definition) is 3. The van der Waals surface area contributed by atoms with Gasteiger partial charge in [-0.1, -0.05) is 115 Å². The lowest BCUT2D eigenvalue weighted by Crippen LogP contribution is -2.28. The van der Waals surface area contributed by atoms with E-state index in [0.29, 0.717) is 12.8 Å². The van der Waals surface area contributed by atoms with Crippen LogP contribution >= 0.6 is 7.82 Å². The smallest absolute Gasteiger partial charge is 0.457 e. The lowest BCUT2D eigenvalue weighted by Gasteiger charge is -2.20. The Labute approximate surface area is 291 Å². The van der Waals surface area contributed by atoms with Gasteiger partial charge in [-0.2, -0.15) is 0 Å². The van der Waals surface area contributed by atoms with Crippen LogP contribution in [-0.2, 0) is 32.7 Å². The first-order valence-electron chi connectivity index (χ1n) is 18.8. The van der Waals surface area contributed by atoms with E-state index in [2.05, 4.69) is 38.2 Å². The molecule has 0 aromatic carbocycles. The molecule has 0 aromatic heterocycles. The van der Waals surface area contributed by atoms with E-state index in [1.807, 2.05) is 0 Å². The SMILES string of the molecule is CCCC/C=C\CCCCCCCC(=O)OC(CO)COP(=O)(O)OCC(CO)OC(=O)CCCCCCC/C=C\CCCCCCC. The van der Waals surface area contributed by atoms with Crippen molar-refractivity contribution in [2.75, 3.05) is 26.4 Å². The Bertz CT molecular complexity index is 863. The van der Waals surface area contributed by atoms with E-state index in [0.717, 1.165) is 77.0 Å². The summed E-state index contributed by atoms with van der Waals surface area (Å²) in [5.41, 5.74) is 0. The highest BCUT2D eigenvalue weighted by molar-refractivity contribution is 7.47. The standard InChI is InChI=1S/C37H69O10P/c1-3-5-7-9-11-13-15-16-17-19-21-23-25-27-29-37(41)47-35(31-39)33-45-48(42,43)44-32-34(30-38)46-36(40)28-26-24-22-20-18-14-12-10-8-6-4-2/h10,12,15-16,34-35,38-39H,3-9,11,13-14,17-33H2,1-2H3,(H,42,43)/b12-10-,16-15-. The third kappa shape index (κ3) is 31.7. The molecule has 0 saturated carbocycles. The zero-order valence-electron chi connectivity index (χ0n) is 30.2. The predicted molar refractivity (Wildman–Crippen MR) is 191 cm³/mol. The van der Waals surface area contributed by atoms with Gasteiger partial charge >= 0.3 is 19.8 Å². The first-order valence-corrected chi connectivity index (χ1v) is 20.3. The summed E-state index contributed by atoms with van der Waals surface area (Å²) >= 11 is 0.